The maximum atomic E-state index is 13.5. The Morgan fingerprint density at radius 3 is 2.69 bits per heavy atom. The van der Waals surface area contributed by atoms with Gasteiger partial charge in [0.05, 0.1) is 6.54 Å². The lowest BCUT2D eigenvalue weighted by Gasteiger charge is -2.34. The topological polar surface area (TPSA) is 98.7 Å². The van der Waals surface area contributed by atoms with Gasteiger partial charge in [0.25, 0.3) is 0 Å². The average Bonchev–Trinajstić information content (AvgIpc) is 2.78. The molecule has 0 radical (unpaired) electrons. The predicted molar refractivity (Wildman–Crippen MR) is 136 cm³/mol. The van der Waals surface area contributed by atoms with Crippen LogP contribution in [0.4, 0.5) is 10.1 Å². The first kappa shape index (κ1) is 26.3. The molecule has 176 valence electrons. The van der Waals surface area contributed by atoms with Crippen LogP contribution in [0.5, 0.6) is 0 Å². The second-order valence-electron chi connectivity index (χ2n) is 7.23. The molecular formula is C21H30FIN6O2S. The Bertz CT molecular complexity index is 969. The predicted octanol–water partition coefficient (Wildman–Crippen LogP) is 2.34. The second kappa shape index (κ2) is 12.9. The van der Waals surface area contributed by atoms with Crippen molar-refractivity contribution in [2.75, 3.05) is 37.6 Å². The fourth-order valence-corrected chi connectivity index (χ4v) is 4.39. The zero-order valence-electron chi connectivity index (χ0n) is 18.0. The number of pyridine rings is 1. The van der Waals surface area contributed by atoms with E-state index in [-0.39, 0.29) is 47.3 Å². The third-order valence-corrected chi connectivity index (χ3v) is 6.42. The SMILES string of the molecule is CCNC(=NCCNS(=O)(=O)c1cccnc1)NC1CCN(c2cccc(F)c2)CC1.I. The number of hydrogen-bond acceptors (Lipinski definition) is 5. The van der Waals surface area contributed by atoms with Gasteiger partial charge in [0.15, 0.2) is 5.96 Å². The zero-order chi connectivity index (χ0) is 22.1. The molecule has 8 nitrogen and oxygen atoms in total. The van der Waals surface area contributed by atoms with Crippen molar-refractivity contribution in [3.63, 3.8) is 0 Å². The van der Waals surface area contributed by atoms with Gasteiger partial charge in [-0.2, -0.15) is 0 Å². The third-order valence-electron chi connectivity index (χ3n) is 4.97. The van der Waals surface area contributed by atoms with E-state index in [9.17, 15) is 12.8 Å². The Morgan fingerprint density at radius 1 is 1.25 bits per heavy atom. The first-order chi connectivity index (χ1) is 15.0. The van der Waals surface area contributed by atoms with Crippen molar-refractivity contribution < 1.29 is 12.8 Å². The molecule has 2 heterocycles. The third kappa shape index (κ3) is 7.85. The van der Waals surface area contributed by atoms with Crippen molar-refractivity contribution in [1.29, 1.82) is 0 Å². The van der Waals surface area contributed by atoms with E-state index in [4.69, 9.17) is 0 Å². The highest BCUT2D eigenvalue weighted by Gasteiger charge is 2.20. The largest absolute Gasteiger partial charge is 0.371 e. The van der Waals surface area contributed by atoms with E-state index in [0.29, 0.717) is 19.0 Å². The van der Waals surface area contributed by atoms with Crippen molar-refractivity contribution in [1.82, 2.24) is 20.3 Å². The van der Waals surface area contributed by atoms with Crippen LogP contribution < -0.4 is 20.3 Å². The first-order valence-corrected chi connectivity index (χ1v) is 11.9. The maximum absolute atomic E-state index is 13.5. The summed E-state index contributed by atoms with van der Waals surface area (Å²) in [5, 5.41) is 6.62. The number of sulfonamides is 1. The lowest BCUT2D eigenvalue weighted by Crippen LogP contribution is -2.49. The molecule has 32 heavy (non-hydrogen) atoms. The van der Waals surface area contributed by atoms with E-state index < -0.39 is 10.0 Å². The smallest absolute Gasteiger partial charge is 0.242 e. The van der Waals surface area contributed by atoms with Crippen LogP contribution in [-0.4, -0.2) is 58.1 Å². The molecule has 0 amide bonds. The summed E-state index contributed by atoms with van der Waals surface area (Å²) in [6.45, 7) is 4.82. The standard InChI is InChI=1S/C21H29FN6O2S.HI/c1-2-24-21(25-11-12-26-31(29,30)20-7-4-10-23-16-20)27-18-8-13-28(14-9-18)19-6-3-5-17(22)15-19;/h3-7,10,15-16,18,26H,2,8-9,11-14H2,1H3,(H2,24,25,27);1H. The summed E-state index contributed by atoms with van der Waals surface area (Å²) in [5.41, 5.74) is 0.903. The highest BCUT2D eigenvalue weighted by atomic mass is 127. The molecule has 1 aromatic heterocycles. The highest BCUT2D eigenvalue weighted by Crippen LogP contribution is 2.20. The molecular weight excluding hydrogens is 546 g/mol. The fraction of sp³-hybridized carbons (Fsp3) is 0.429. The molecule has 0 atom stereocenters. The Hall–Kier alpha value is -1.99. The average molecular weight is 576 g/mol. The van der Waals surface area contributed by atoms with E-state index in [1.807, 2.05) is 13.0 Å². The van der Waals surface area contributed by atoms with Crippen LogP contribution in [-0.2, 0) is 10.0 Å². The van der Waals surface area contributed by atoms with E-state index in [1.54, 1.807) is 18.2 Å². The number of benzene rings is 1. The first-order valence-electron chi connectivity index (χ1n) is 10.4. The van der Waals surface area contributed by atoms with Crippen molar-refractivity contribution >= 4 is 45.6 Å². The molecule has 11 heteroatoms. The summed E-state index contributed by atoms with van der Waals surface area (Å²) in [7, 11) is -3.59. The molecule has 0 bridgehead atoms. The van der Waals surface area contributed by atoms with E-state index in [0.717, 1.165) is 31.6 Å². The summed E-state index contributed by atoms with van der Waals surface area (Å²) in [6, 6.07) is 10.00. The molecule has 1 aliphatic heterocycles. The van der Waals surface area contributed by atoms with Crippen molar-refractivity contribution in [2.24, 2.45) is 4.99 Å². The lowest BCUT2D eigenvalue weighted by atomic mass is 10.0. The molecule has 1 fully saturated rings. The highest BCUT2D eigenvalue weighted by molar-refractivity contribution is 14.0. The second-order valence-corrected chi connectivity index (χ2v) is 9.00. The van der Waals surface area contributed by atoms with Gasteiger partial charge in [0, 0.05) is 50.3 Å². The van der Waals surface area contributed by atoms with Crippen LogP contribution in [0.25, 0.3) is 0 Å². The van der Waals surface area contributed by atoms with Crippen molar-refractivity contribution in [3.8, 4) is 0 Å². The van der Waals surface area contributed by atoms with Crippen LogP contribution in [0.2, 0.25) is 0 Å². The van der Waals surface area contributed by atoms with Gasteiger partial charge in [-0.05, 0) is 50.1 Å². The number of anilines is 1. The quantitative estimate of drug-likeness (QED) is 0.193. The maximum Gasteiger partial charge on any atom is 0.242 e. The number of rotatable bonds is 8. The van der Waals surface area contributed by atoms with Crippen LogP contribution in [0, 0.1) is 5.82 Å². The van der Waals surface area contributed by atoms with Gasteiger partial charge in [0.2, 0.25) is 10.0 Å². The molecule has 1 saturated heterocycles. The minimum Gasteiger partial charge on any atom is -0.371 e. The molecule has 0 aliphatic carbocycles. The lowest BCUT2D eigenvalue weighted by molar-refractivity contribution is 0.461. The summed E-state index contributed by atoms with van der Waals surface area (Å²) < 4.78 is 40.5. The monoisotopic (exact) mass is 576 g/mol. The number of guanidine groups is 1. The van der Waals surface area contributed by atoms with E-state index in [2.05, 4.69) is 30.2 Å². The zero-order valence-corrected chi connectivity index (χ0v) is 21.1. The number of hydrogen-bond donors (Lipinski definition) is 3. The Labute approximate surface area is 206 Å². The van der Waals surface area contributed by atoms with Gasteiger partial charge in [-0.15, -0.1) is 24.0 Å². The van der Waals surface area contributed by atoms with Crippen molar-refractivity contribution in [2.45, 2.75) is 30.7 Å². The molecule has 0 unspecified atom stereocenters. The summed E-state index contributed by atoms with van der Waals surface area (Å²) >= 11 is 0. The summed E-state index contributed by atoms with van der Waals surface area (Å²) in [4.78, 5) is 10.6. The number of piperidine rings is 1. The number of aromatic nitrogens is 1. The summed E-state index contributed by atoms with van der Waals surface area (Å²) in [5.74, 6) is 0.436. The minimum absolute atomic E-state index is 0. The normalized spacial score (nSPS) is 15.2. The molecule has 1 aliphatic rings. The van der Waals surface area contributed by atoms with Gasteiger partial charge in [-0.3, -0.25) is 9.98 Å². The number of halogens is 2. The molecule has 3 N–H and O–H groups in total. The molecule has 0 saturated carbocycles. The van der Waals surface area contributed by atoms with E-state index >= 15 is 0 Å². The van der Waals surface area contributed by atoms with Gasteiger partial charge in [-0.25, -0.2) is 17.5 Å². The fourth-order valence-electron chi connectivity index (χ4n) is 3.41. The van der Waals surface area contributed by atoms with E-state index in [1.165, 1.54) is 24.5 Å². The summed E-state index contributed by atoms with van der Waals surface area (Å²) in [6.07, 6.45) is 4.64. The van der Waals surface area contributed by atoms with Crippen molar-refractivity contribution in [3.05, 3.63) is 54.6 Å². The van der Waals surface area contributed by atoms with Crippen LogP contribution >= 0.6 is 24.0 Å². The van der Waals surface area contributed by atoms with Crippen LogP contribution in [0.3, 0.4) is 0 Å². The molecule has 2 aromatic rings. The number of nitrogens with zero attached hydrogens (tertiary/aromatic N) is 3. The van der Waals surface area contributed by atoms with Gasteiger partial charge in [0.1, 0.15) is 10.7 Å². The molecule has 3 rings (SSSR count). The van der Waals surface area contributed by atoms with Gasteiger partial charge >= 0.3 is 0 Å². The van der Waals surface area contributed by atoms with Gasteiger partial charge < -0.3 is 15.5 Å². The Balaban J connectivity index is 0.00000363. The Morgan fingerprint density at radius 2 is 2.03 bits per heavy atom. The molecule has 0 spiro atoms. The van der Waals surface area contributed by atoms with Crippen LogP contribution in [0.15, 0.2) is 58.7 Å². The number of aliphatic imine (C=N–C) groups is 1. The van der Waals surface area contributed by atoms with Gasteiger partial charge in [-0.1, -0.05) is 6.07 Å². The number of nitrogens with one attached hydrogen (secondary N) is 3. The van der Waals surface area contributed by atoms with Crippen LogP contribution in [0.1, 0.15) is 19.8 Å². The minimum atomic E-state index is -3.59. The molecule has 1 aromatic carbocycles. The Kier molecular flexibility index (Phi) is 10.6.